The lowest BCUT2D eigenvalue weighted by atomic mass is 10.0. The van der Waals surface area contributed by atoms with E-state index in [1.165, 1.54) is 0 Å². The monoisotopic (exact) mass is 541 g/mol. The predicted molar refractivity (Wildman–Crippen MR) is 157 cm³/mol. The number of rotatable bonds is 12. The number of thiol groups is 1. The summed E-state index contributed by atoms with van der Waals surface area (Å²) in [5, 5.41) is 5.68. The molecular formula is C30H43N3O4S. The summed E-state index contributed by atoms with van der Waals surface area (Å²) in [6, 6.07) is 13.3. The number of hydrogen-bond acceptors (Lipinski definition) is 5. The van der Waals surface area contributed by atoms with Gasteiger partial charge in [0.1, 0.15) is 17.7 Å². The Labute approximate surface area is 233 Å². The number of amides is 3. The number of benzene rings is 2. The summed E-state index contributed by atoms with van der Waals surface area (Å²) in [6.45, 7) is 11.6. The number of ether oxygens (including phenoxy) is 1. The van der Waals surface area contributed by atoms with Gasteiger partial charge in [-0.05, 0) is 58.2 Å². The Kier molecular flexibility index (Phi) is 12.2. The van der Waals surface area contributed by atoms with Crippen molar-refractivity contribution in [1.82, 2.24) is 10.2 Å². The fourth-order valence-corrected chi connectivity index (χ4v) is 4.29. The maximum absolute atomic E-state index is 14.0. The van der Waals surface area contributed by atoms with Crippen LogP contribution in [-0.2, 0) is 14.3 Å². The zero-order chi connectivity index (χ0) is 28.3. The highest BCUT2D eigenvalue weighted by Crippen LogP contribution is 2.26. The van der Waals surface area contributed by atoms with Crippen molar-refractivity contribution in [3.63, 3.8) is 0 Å². The van der Waals surface area contributed by atoms with E-state index in [1.807, 2.05) is 62.4 Å². The Morgan fingerprint density at radius 3 is 2.21 bits per heavy atom. The van der Waals surface area contributed by atoms with Crippen molar-refractivity contribution in [2.75, 3.05) is 17.6 Å². The predicted octanol–water partition coefficient (Wildman–Crippen LogP) is 6.22. The van der Waals surface area contributed by atoms with Gasteiger partial charge in [-0.3, -0.25) is 9.59 Å². The third-order valence-electron chi connectivity index (χ3n) is 6.06. The van der Waals surface area contributed by atoms with E-state index >= 15 is 0 Å². The van der Waals surface area contributed by atoms with Crippen LogP contribution in [0.4, 0.5) is 10.5 Å². The van der Waals surface area contributed by atoms with E-state index in [9.17, 15) is 14.4 Å². The Morgan fingerprint density at radius 1 is 0.974 bits per heavy atom. The number of nitrogens with zero attached hydrogens (tertiary/aromatic N) is 1. The third kappa shape index (κ3) is 9.71. The van der Waals surface area contributed by atoms with Crippen molar-refractivity contribution in [1.29, 1.82) is 0 Å². The Hall–Kier alpha value is -3.00. The minimum absolute atomic E-state index is 0.0591. The number of nitrogens with one attached hydrogen (secondary N) is 2. The molecule has 0 heterocycles. The summed E-state index contributed by atoms with van der Waals surface area (Å²) in [4.78, 5) is 41.9. The molecule has 38 heavy (non-hydrogen) atoms. The number of para-hydroxylation sites is 1. The first kappa shape index (κ1) is 31.2. The molecule has 0 saturated carbocycles. The van der Waals surface area contributed by atoms with Gasteiger partial charge < -0.3 is 20.3 Å². The van der Waals surface area contributed by atoms with Crippen LogP contribution in [0.5, 0.6) is 0 Å². The number of anilines is 1. The first-order valence-corrected chi connectivity index (χ1v) is 13.9. The van der Waals surface area contributed by atoms with E-state index in [0.717, 1.165) is 36.8 Å². The summed E-state index contributed by atoms with van der Waals surface area (Å²) in [6.07, 6.45) is 3.02. The molecule has 2 aromatic carbocycles. The molecule has 2 atom stereocenters. The molecule has 0 saturated heterocycles. The standard InChI is InChI=1S/C30H43N3O4S/c1-7-8-9-12-19-33(28(35)25(20-38)32-29(36)37-30(4,5)6)26(23-17-15-21(2)16-18-23)27(34)31-24-14-11-10-13-22(24)3/h10-11,13-18,25-26,38H,7-9,12,19-20H2,1-6H3,(H,31,34)(H,32,36). The number of alkyl carbamates (subject to hydrolysis) is 1. The summed E-state index contributed by atoms with van der Waals surface area (Å²) >= 11 is 4.36. The molecule has 0 aliphatic heterocycles. The number of unbranched alkanes of at least 4 members (excludes halogenated alkanes) is 3. The quantitative estimate of drug-likeness (QED) is 0.220. The summed E-state index contributed by atoms with van der Waals surface area (Å²) < 4.78 is 5.38. The summed E-state index contributed by atoms with van der Waals surface area (Å²) in [5.74, 6) is -0.640. The zero-order valence-corrected chi connectivity index (χ0v) is 24.4. The van der Waals surface area contributed by atoms with Crippen molar-refractivity contribution in [2.24, 2.45) is 0 Å². The third-order valence-corrected chi connectivity index (χ3v) is 6.43. The molecule has 0 fully saturated rings. The van der Waals surface area contributed by atoms with Crippen LogP contribution in [0.25, 0.3) is 0 Å². The average molecular weight is 542 g/mol. The minimum atomic E-state index is -0.960. The van der Waals surface area contributed by atoms with Crippen LogP contribution in [0, 0.1) is 13.8 Å². The van der Waals surface area contributed by atoms with E-state index in [1.54, 1.807) is 25.7 Å². The SMILES string of the molecule is CCCCCCN(C(=O)C(CS)NC(=O)OC(C)(C)C)C(C(=O)Nc1ccccc1C)c1ccc(C)cc1. The second-order valence-electron chi connectivity index (χ2n) is 10.6. The van der Waals surface area contributed by atoms with E-state index < -0.39 is 23.8 Å². The highest BCUT2D eigenvalue weighted by molar-refractivity contribution is 7.80. The van der Waals surface area contributed by atoms with Gasteiger partial charge in [-0.2, -0.15) is 12.6 Å². The van der Waals surface area contributed by atoms with E-state index in [2.05, 4.69) is 30.2 Å². The number of aryl methyl sites for hydroxylation is 2. The van der Waals surface area contributed by atoms with E-state index in [0.29, 0.717) is 17.8 Å². The normalized spacial score (nSPS) is 12.8. The van der Waals surface area contributed by atoms with Gasteiger partial charge in [0.25, 0.3) is 5.91 Å². The van der Waals surface area contributed by atoms with Gasteiger partial charge in [0.05, 0.1) is 0 Å². The molecule has 2 aromatic rings. The van der Waals surface area contributed by atoms with Crippen LogP contribution < -0.4 is 10.6 Å². The molecular weight excluding hydrogens is 498 g/mol. The molecule has 208 valence electrons. The number of hydrogen-bond donors (Lipinski definition) is 3. The fourth-order valence-electron chi connectivity index (χ4n) is 4.05. The van der Waals surface area contributed by atoms with E-state index in [-0.39, 0.29) is 17.6 Å². The molecule has 0 bridgehead atoms. The molecule has 0 aromatic heterocycles. The molecule has 2 N–H and O–H groups in total. The molecule has 0 spiro atoms. The van der Waals surface area contributed by atoms with Crippen molar-refractivity contribution < 1.29 is 19.1 Å². The van der Waals surface area contributed by atoms with Crippen LogP contribution in [-0.4, -0.2) is 46.7 Å². The molecule has 2 rings (SSSR count). The maximum Gasteiger partial charge on any atom is 0.408 e. The van der Waals surface area contributed by atoms with Crippen LogP contribution in [0.3, 0.4) is 0 Å². The topological polar surface area (TPSA) is 87.7 Å². The molecule has 7 nitrogen and oxygen atoms in total. The average Bonchev–Trinajstić information content (AvgIpc) is 2.85. The first-order valence-electron chi connectivity index (χ1n) is 13.3. The summed E-state index contributed by atoms with van der Waals surface area (Å²) in [5.41, 5.74) is 2.63. The van der Waals surface area contributed by atoms with Gasteiger partial charge in [0, 0.05) is 18.0 Å². The van der Waals surface area contributed by atoms with Gasteiger partial charge in [-0.15, -0.1) is 0 Å². The highest BCUT2D eigenvalue weighted by atomic mass is 32.1. The molecule has 0 aliphatic rings. The molecule has 0 aliphatic carbocycles. The smallest absolute Gasteiger partial charge is 0.408 e. The first-order chi connectivity index (χ1) is 18.0. The van der Waals surface area contributed by atoms with Gasteiger partial charge in [-0.1, -0.05) is 74.2 Å². The van der Waals surface area contributed by atoms with Crippen molar-refractivity contribution in [3.05, 3.63) is 65.2 Å². The van der Waals surface area contributed by atoms with Gasteiger partial charge in [-0.25, -0.2) is 4.79 Å². The Morgan fingerprint density at radius 2 is 1.63 bits per heavy atom. The second-order valence-corrected chi connectivity index (χ2v) is 11.0. The van der Waals surface area contributed by atoms with Crippen molar-refractivity contribution in [3.8, 4) is 0 Å². The van der Waals surface area contributed by atoms with Crippen LogP contribution in [0.2, 0.25) is 0 Å². The largest absolute Gasteiger partial charge is 0.444 e. The lowest BCUT2D eigenvalue weighted by molar-refractivity contribution is -0.140. The maximum atomic E-state index is 14.0. The highest BCUT2D eigenvalue weighted by Gasteiger charge is 2.35. The number of carbonyl (C=O) groups is 3. The Balaban J connectivity index is 2.47. The second kappa shape index (κ2) is 14.8. The minimum Gasteiger partial charge on any atom is -0.444 e. The van der Waals surface area contributed by atoms with E-state index in [4.69, 9.17) is 4.74 Å². The fraction of sp³-hybridized carbons (Fsp3) is 0.500. The van der Waals surface area contributed by atoms with Crippen LogP contribution in [0.15, 0.2) is 48.5 Å². The van der Waals surface area contributed by atoms with Gasteiger partial charge in [0.2, 0.25) is 5.91 Å². The lowest BCUT2D eigenvalue weighted by Gasteiger charge is -2.34. The van der Waals surface area contributed by atoms with Gasteiger partial charge in [0.15, 0.2) is 0 Å². The van der Waals surface area contributed by atoms with Crippen LogP contribution >= 0.6 is 12.6 Å². The van der Waals surface area contributed by atoms with Gasteiger partial charge >= 0.3 is 6.09 Å². The van der Waals surface area contributed by atoms with Crippen molar-refractivity contribution >= 4 is 36.2 Å². The Bertz CT molecular complexity index is 1070. The molecule has 3 amide bonds. The van der Waals surface area contributed by atoms with Crippen LogP contribution in [0.1, 0.15) is 76.1 Å². The lowest BCUT2D eigenvalue weighted by Crippen LogP contribution is -2.53. The molecule has 2 unspecified atom stereocenters. The molecule has 8 heteroatoms. The zero-order valence-electron chi connectivity index (χ0n) is 23.5. The van der Waals surface area contributed by atoms with Crippen molar-refractivity contribution in [2.45, 2.75) is 84.9 Å². The summed E-state index contributed by atoms with van der Waals surface area (Å²) in [7, 11) is 0. The number of carbonyl (C=O) groups excluding carboxylic acids is 3. The molecule has 0 radical (unpaired) electrons.